The zero-order valence-electron chi connectivity index (χ0n) is 11.0. The van der Waals surface area contributed by atoms with Gasteiger partial charge in [0.2, 0.25) is 6.10 Å². The van der Waals surface area contributed by atoms with Gasteiger partial charge in [0.15, 0.2) is 11.5 Å². The van der Waals surface area contributed by atoms with Gasteiger partial charge in [0, 0.05) is 19.0 Å². The molecule has 0 radical (unpaired) electrons. The summed E-state index contributed by atoms with van der Waals surface area (Å²) in [6.07, 6.45) is 0.317. The van der Waals surface area contributed by atoms with Crippen LogP contribution in [0.4, 0.5) is 0 Å². The van der Waals surface area contributed by atoms with Crippen molar-refractivity contribution in [2.24, 2.45) is 0 Å². The van der Waals surface area contributed by atoms with Crippen LogP contribution >= 0.6 is 11.6 Å². The molecule has 5 heteroatoms. The van der Waals surface area contributed by atoms with Crippen molar-refractivity contribution >= 4 is 17.5 Å². The number of benzene rings is 1. The molecule has 1 amide bonds. The van der Waals surface area contributed by atoms with Gasteiger partial charge in [0.25, 0.3) is 5.91 Å². The van der Waals surface area contributed by atoms with E-state index in [1.807, 2.05) is 25.1 Å². The van der Waals surface area contributed by atoms with E-state index in [2.05, 4.69) is 0 Å². The molecule has 1 aromatic rings. The molecule has 4 nitrogen and oxygen atoms in total. The summed E-state index contributed by atoms with van der Waals surface area (Å²) in [5.74, 6) is 1.67. The second-order valence-electron chi connectivity index (χ2n) is 4.38. The minimum atomic E-state index is -0.579. The third kappa shape index (κ3) is 3.32. The van der Waals surface area contributed by atoms with Crippen molar-refractivity contribution in [3.05, 3.63) is 24.3 Å². The van der Waals surface area contributed by atoms with Crippen molar-refractivity contribution in [3.8, 4) is 11.5 Å². The maximum absolute atomic E-state index is 12.4. The summed E-state index contributed by atoms with van der Waals surface area (Å²) >= 11 is 5.73. The van der Waals surface area contributed by atoms with Crippen molar-refractivity contribution in [2.45, 2.75) is 19.4 Å². The molecule has 0 aliphatic carbocycles. The molecule has 0 spiro atoms. The first-order valence-electron chi connectivity index (χ1n) is 6.49. The molecule has 0 aromatic heterocycles. The molecule has 1 aliphatic rings. The van der Waals surface area contributed by atoms with Crippen LogP contribution in [0.1, 0.15) is 13.3 Å². The third-order valence-electron chi connectivity index (χ3n) is 2.94. The molecule has 0 saturated heterocycles. The highest BCUT2D eigenvalue weighted by molar-refractivity contribution is 6.18. The van der Waals surface area contributed by atoms with E-state index in [1.54, 1.807) is 11.0 Å². The Bertz CT molecular complexity index is 432. The average molecular weight is 284 g/mol. The number of halogens is 1. The Morgan fingerprint density at radius 1 is 1.37 bits per heavy atom. The molecule has 0 N–H and O–H groups in total. The van der Waals surface area contributed by atoms with E-state index in [-0.39, 0.29) is 12.5 Å². The Hall–Kier alpha value is -1.42. The predicted octanol–water partition coefficient (Wildman–Crippen LogP) is 2.30. The van der Waals surface area contributed by atoms with Gasteiger partial charge in [-0.15, -0.1) is 11.6 Å². The van der Waals surface area contributed by atoms with E-state index >= 15 is 0 Å². The van der Waals surface area contributed by atoms with Gasteiger partial charge in [-0.2, -0.15) is 0 Å². The summed E-state index contributed by atoms with van der Waals surface area (Å²) in [5.41, 5.74) is 0. The smallest absolute Gasteiger partial charge is 0.267 e. The molecule has 2 rings (SSSR count). The average Bonchev–Trinajstić information content (AvgIpc) is 2.46. The molecular formula is C14H18ClNO3. The molecule has 0 bridgehead atoms. The zero-order chi connectivity index (χ0) is 13.7. The Balaban J connectivity index is 2.04. The lowest BCUT2D eigenvalue weighted by Crippen LogP contribution is -2.47. The van der Waals surface area contributed by atoms with Gasteiger partial charge in [-0.3, -0.25) is 4.79 Å². The second kappa shape index (κ2) is 6.66. The van der Waals surface area contributed by atoms with Crippen molar-refractivity contribution in [1.82, 2.24) is 4.90 Å². The molecule has 0 saturated carbocycles. The first kappa shape index (κ1) is 14.0. The van der Waals surface area contributed by atoms with Crippen LogP contribution in [0.5, 0.6) is 11.5 Å². The number of amides is 1. The number of alkyl halides is 1. The van der Waals surface area contributed by atoms with Crippen LogP contribution < -0.4 is 9.47 Å². The monoisotopic (exact) mass is 283 g/mol. The lowest BCUT2D eigenvalue weighted by atomic mass is 10.2. The number of ether oxygens (including phenoxy) is 2. The molecular weight excluding hydrogens is 266 g/mol. The van der Waals surface area contributed by atoms with Crippen molar-refractivity contribution in [1.29, 1.82) is 0 Å². The molecule has 1 aliphatic heterocycles. The Kier molecular flexibility index (Phi) is 4.91. The molecule has 19 heavy (non-hydrogen) atoms. The number of fused-ring (bicyclic) bond motifs is 1. The number of para-hydroxylation sites is 2. The van der Waals surface area contributed by atoms with Gasteiger partial charge >= 0.3 is 0 Å². The highest BCUT2D eigenvalue weighted by Gasteiger charge is 2.30. The SMILES string of the molecule is CCCN(CCCl)C(=O)C1COc2ccccc2O1. The van der Waals surface area contributed by atoms with E-state index in [0.29, 0.717) is 30.5 Å². The normalized spacial score (nSPS) is 17.1. The maximum Gasteiger partial charge on any atom is 0.267 e. The van der Waals surface area contributed by atoms with Crippen LogP contribution in [0, 0.1) is 0 Å². The summed E-state index contributed by atoms with van der Waals surface area (Å²) in [5, 5.41) is 0. The Morgan fingerprint density at radius 2 is 2.11 bits per heavy atom. The summed E-state index contributed by atoms with van der Waals surface area (Å²) in [4.78, 5) is 14.1. The number of carbonyl (C=O) groups excluding carboxylic acids is 1. The fraction of sp³-hybridized carbons (Fsp3) is 0.500. The summed E-state index contributed by atoms with van der Waals surface area (Å²) in [6, 6.07) is 7.37. The van der Waals surface area contributed by atoms with Crippen LogP contribution in [0.3, 0.4) is 0 Å². The van der Waals surface area contributed by atoms with E-state index in [0.717, 1.165) is 6.42 Å². The topological polar surface area (TPSA) is 38.8 Å². The summed E-state index contributed by atoms with van der Waals surface area (Å²) < 4.78 is 11.3. The first-order valence-corrected chi connectivity index (χ1v) is 7.03. The number of carbonyl (C=O) groups is 1. The highest BCUT2D eigenvalue weighted by Crippen LogP contribution is 2.31. The second-order valence-corrected chi connectivity index (χ2v) is 4.76. The Labute approximate surface area is 118 Å². The van der Waals surface area contributed by atoms with Gasteiger partial charge in [-0.25, -0.2) is 0 Å². The lowest BCUT2D eigenvalue weighted by molar-refractivity contribution is -0.141. The number of hydrogen-bond donors (Lipinski definition) is 0. The molecule has 1 aromatic carbocycles. The van der Waals surface area contributed by atoms with E-state index < -0.39 is 6.10 Å². The van der Waals surface area contributed by atoms with Crippen LogP contribution in [0.2, 0.25) is 0 Å². The zero-order valence-corrected chi connectivity index (χ0v) is 11.7. The van der Waals surface area contributed by atoms with Crippen molar-refractivity contribution in [3.63, 3.8) is 0 Å². The fourth-order valence-corrected chi connectivity index (χ4v) is 2.25. The fourth-order valence-electron chi connectivity index (χ4n) is 2.05. The largest absolute Gasteiger partial charge is 0.485 e. The van der Waals surface area contributed by atoms with Gasteiger partial charge < -0.3 is 14.4 Å². The molecule has 1 unspecified atom stereocenters. The first-order chi connectivity index (χ1) is 9.26. The van der Waals surface area contributed by atoms with Crippen molar-refractivity contribution in [2.75, 3.05) is 25.6 Å². The van der Waals surface area contributed by atoms with Crippen molar-refractivity contribution < 1.29 is 14.3 Å². The van der Waals surface area contributed by atoms with Crippen LogP contribution in [-0.4, -0.2) is 42.5 Å². The lowest BCUT2D eigenvalue weighted by Gasteiger charge is -2.30. The molecule has 1 heterocycles. The maximum atomic E-state index is 12.4. The Morgan fingerprint density at radius 3 is 2.79 bits per heavy atom. The third-order valence-corrected chi connectivity index (χ3v) is 3.11. The van der Waals surface area contributed by atoms with Gasteiger partial charge in [-0.05, 0) is 18.6 Å². The standard InChI is InChI=1S/C14H18ClNO3/c1-2-8-16(9-7-15)14(17)13-10-18-11-5-3-4-6-12(11)19-13/h3-6,13H,2,7-10H2,1H3. The van der Waals surface area contributed by atoms with E-state index in [1.165, 1.54) is 0 Å². The number of hydrogen-bond acceptors (Lipinski definition) is 3. The molecule has 0 fully saturated rings. The minimum absolute atomic E-state index is 0.0583. The summed E-state index contributed by atoms with van der Waals surface area (Å²) in [6.45, 7) is 3.50. The van der Waals surface area contributed by atoms with Gasteiger partial charge in [0.1, 0.15) is 6.61 Å². The van der Waals surface area contributed by atoms with Gasteiger partial charge in [0.05, 0.1) is 0 Å². The van der Waals surface area contributed by atoms with Crippen LogP contribution in [-0.2, 0) is 4.79 Å². The van der Waals surface area contributed by atoms with E-state index in [4.69, 9.17) is 21.1 Å². The van der Waals surface area contributed by atoms with Crippen LogP contribution in [0.15, 0.2) is 24.3 Å². The number of rotatable bonds is 5. The highest BCUT2D eigenvalue weighted by atomic mass is 35.5. The van der Waals surface area contributed by atoms with Crippen LogP contribution in [0.25, 0.3) is 0 Å². The summed E-state index contributed by atoms with van der Waals surface area (Å²) in [7, 11) is 0. The molecule has 104 valence electrons. The number of nitrogens with zero attached hydrogens (tertiary/aromatic N) is 1. The quantitative estimate of drug-likeness (QED) is 0.779. The predicted molar refractivity (Wildman–Crippen MR) is 73.9 cm³/mol. The van der Waals surface area contributed by atoms with E-state index in [9.17, 15) is 4.79 Å². The molecule has 1 atom stereocenters. The van der Waals surface area contributed by atoms with Gasteiger partial charge in [-0.1, -0.05) is 19.1 Å². The minimum Gasteiger partial charge on any atom is -0.485 e.